The predicted molar refractivity (Wildman–Crippen MR) is 143 cm³/mol. The molecule has 2 aliphatic heterocycles. The molecule has 0 unspecified atom stereocenters. The van der Waals surface area contributed by atoms with Crippen molar-refractivity contribution in [1.29, 1.82) is 0 Å². The van der Waals surface area contributed by atoms with Gasteiger partial charge in [0.05, 0.1) is 16.9 Å². The predicted octanol–water partition coefficient (Wildman–Crippen LogP) is 3.79. The molecule has 4 aromatic rings. The third-order valence-corrected chi connectivity index (χ3v) is 7.70. The summed E-state index contributed by atoms with van der Waals surface area (Å²) < 4.78 is 24.0. The number of likely N-dealkylation sites (N-methyl/N-ethyl adjacent to an activating group) is 1. The van der Waals surface area contributed by atoms with Crippen LogP contribution in [-0.2, 0) is 0 Å². The standard InChI is InChI=1S/C27H26N6OS/c1-4-18-13-17(14-23(30-18)33-11-9-32(3)10-12-33)20-6-5-19-21(31-20)7-8-22-24(19)25-26(35-22)27(34)29-16(2)15-28-25/h1,5-8,13-14,16,28H,9-12,15H2,2-3H3,(H,29,34)/t16-/m1/s1/i3D3. The molecule has 1 aromatic carbocycles. The van der Waals surface area contributed by atoms with Gasteiger partial charge in [0.15, 0.2) is 0 Å². The number of nitrogens with zero attached hydrogens (tertiary/aromatic N) is 4. The Labute approximate surface area is 212 Å². The van der Waals surface area contributed by atoms with Crippen LogP contribution in [0.25, 0.3) is 32.2 Å². The van der Waals surface area contributed by atoms with Crippen molar-refractivity contribution in [3.63, 3.8) is 0 Å². The van der Waals surface area contributed by atoms with Crippen molar-refractivity contribution in [1.82, 2.24) is 20.2 Å². The van der Waals surface area contributed by atoms with E-state index in [2.05, 4.69) is 26.4 Å². The number of hydrogen-bond donors (Lipinski definition) is 2. The molecule has 6 rings (SSSR count). The van der Waals surface area contributed by atoms with Crippen LogP contribution in [0.2, 0.25) is 0 Å². The van der Waals surface area contributed by atoms with Gasteiger partial charge in [0.1, 0.15) is 16.4 Å². The highest BCUT2D eigenvalue weighted by Crippen LogP contribution is 2.41. The normalized spacial score (nSPS) is 20.2. The number of rotatable bonds is 2. The summed E-state index contributed by atoms with van der Waals surface area (Å²) in [7, 11) is 0. The fourth-order valence-corrected chi connectivity index (χ4v) is 5.82. The van der Waals surface area contributed by atoms with Crippen molar-refractivity contribution < 1.29 is 8.91 Å². The number of carbonyl (C=O) groups is 1. The Balaban J connectivity index is 1.38. The van der Waals surface area contributed by atoms with Crippen molar-refractivity contribution >= 4 is 49.7 Å². The maximum atomic E-state index is 12.7. The summed E-state index contributed by atoms with van der Waals surface area (Å²) >= 11 is 1.49. The fourth-order valence-electron chi connectivity index (χ4n) is 4.72. The monoisotopic (exact) mass is 485 g/mol. The number of carbonyl (C=O) groups excluding carboxylic acids is 1. The Morgan fingerprint density at radius 1 is 1.17 bits per heavy atom. The number of thiophene rings is 1. The summed E-state index contributed by atoms with van der Waals surface area (Å²) in [5.41, 5.74) is 3.80. The van der Waals surface area contributed by atoms with Crippen LogP contribution in [0.15, 0.2) is 36.4 Å². The summed E-state index contributed by atoms with van der Waals surface area (Å²) in [6.45, 7) is 2.48. The minimum atomic E-state index is -2.09. The zero-order valence-corrected chi connectivity index (χ0v) is 20.1. The second-order valence-corrected chi connectivity index (χ2v) is 10.0. The second kappa shape index (κ2) is 8.52. The minimum absolute atomic E-state index is 0.0412. The molecule has 0 aliphatic carbocycles. The van der Waals surface area contributed by atoms with Crippen LogP contribution in [0.1, 0.15) is 26.4 Å². The van der Waals surface area contributed by atoms with Gasteiger partial charge in [-0.3, -0.25) is 4.79 Å². The van der Waals surface area contributed by atoms with Crippen LogP contribution in [-0.4, -0.2) is 66.5 Å². The Bertz CT molecular complexity index is 1620. The summed E-state index contributed by atoms with van der Waals surface area (Å²) in [5.74, 6) is 3.30. The number of aromatic nitrogens is 2. The molecule has 0 bridgehead atoms. The molecule has 0 saturated carbocycles. The van der Waals surface area contributed by atoms with E-state index < -0.39 is 6.98 Å². The Morgan fingerprint density at radius 3 is 2.83 bits per heavy atom. The molecule has 8 heteroatoms. The van der Waals surface area contributed by atoms with E-state index in [1.54, 1.807) is 0 Å². The van der Waals surface area contributed by atoms with Gasteiger partial charge < -0.3 is 20.4 Å². The van der Waals surface area contributed by atoms with Crippen LogP contribution in [0.4, 0.5) is 11.5 Å². The van der Waals surface area contributed by atoms with Crippen LogP contribution in [0.3, 0.4) is 0 Å². The largest absolute Gasteiger partial charge is 0.381 e. The van der Waals surface area contributed by atoms with E-state index in [1.807, 2.05) is 43.3 Å². The van der Waals surface area contributed by atoms with Gasteiger partial charge in [-0.2, -0.15) is 0 Å². The number of anilines is 2. The molecule has 35 heavy (non-hydrogen) atoms. The van der Waals surface area contributed by atoms with Crippen LogP contribution in [0.5, 0.6) is 0 Å². The number of amides is 1. The number of hydrogen-bond acceptors (Lipinski definition) is 7. The first-order valence-electron chi connectivity index (χ1n) is 13.1. The number of piperazine rings is 1. The first-order valence-corrected chi connectivity index (χ1v) is 12.4. The topological polar surface area (TPSA) is 73.4 Å². The molecular formula is C27H26N6OS. The van der Waals surface area contributed by atoms with Gasteiger partial charge in [-0.05, 0) is 50.3 Å². The SMILES string of the molecule is [2H]C([2H])([2H])N1CCN(c2cc(-c3ccc4c(ccc5sc6c(c54)NC[C@@H](C)NC6=O)n3)cc(C#C)n2)CC1. The lowest BCUT2D eigenvalue weighted by molar-refractivity contribution is 0.0949. The van der Waals surface area contributed by atoms with Crippen molar-refractivity contribution in [2.24, 2.45) is 0 Å². The smallest absolute Gasteiger partial charge is 0.263 e. The third kappa shape index (κ3) is 3.87. The fraction of sp³-hybridized carbons (Fsp3) is 0.296. The average molecular weight is 486 g/mol. The summed E-state index contributed by atoms with van der Waals surface area (Å²) in [6, 6.07) is 11.9. The molecule has 1 atom stereocenters. The lowest BCUT2D eigenvalue weighted by atomic mass is 10.1. The first-order chi connectivity index (χ1) is 18.2. The Hall–Kier alpha value is -3.67. The number of terminal acetylenes is 1. The summed E-state index contributed by atoms with van der Waals surface area (Å²) in [4.78, 5) is 26.6. The molecule has 1 fully saturated rings. The Kier molecular flexibility index (Phi) is 4.54. The summed E-state index contributed by atoms with van der Waals surface area (Å²) in [6.07, 6.45) is 5.74. The van der Waals surface area contributed by atoms with Crippen LogP contribution in [0, 0.1) is 12.3 Å². The maximum absolute atomic E-state index is 12.7. The minimum Gasteiger partial charge on any atom is -0.381 e. The van der Waals surface area contributed by atoms with E-state index in [-0.39, 0.29) is 11.9 Å². The highest BCUT2D eigenvalue weighted by atomic mass is 32.1. The van der Waals surface area contributed by atoms with E-state index in [0.717, 1.165) is 37.9 Å². The number of nitrogens with one attached hydrogen (secondary N) is 2. The van der Waals surface area contributed by atoms with Crippen molar-refractivity contribution in [3.8, 4) is 23.6 Å². The van der Waals surface area contributed by atoms with Gasteiger partial charge in [-0.15, -0.1) is 17.8 Å². The van der Waals surface area contributed by atoms with Crippen LogP contribution < -0.4 is 15.5 Å². The van der Waals surface area contributed by atoms with Crippen molar-refractivity contribution in [3.05, 3.63) is 47.0 Å². The van der Waals surface area contributed by atoms with Gasteiger partial charge in [-0.25, -0.2) is 9.97 Å². The molecule has 1 amide bonds. The average Bonchev–Trinajstić information content (AvgIpc) is 3.23. The molecule has 2 N–H and O–H groups in total. The highest BCUT2D eigenvalue weighted by molar-refractivity contribution is 7.21. The lowest BCUT2D eigenvalue weighted by Gasteiger charge is -2.33. The molecule has 1 saturated heterocycles. The van der Waals surface area contributed by atoms with Crippen molar-refractivity contribution in [2.75, 3.05) is 49.9 Å². The molecule has 0 radical (unpaired) electrons. The zero-order valence-electron chi connectivity index (χ0n) is 22.3. The number of benzene rings is 1. The van der Waals surface area contributed by atoms with Gasteiger partial charge in [0.2, 0.25) is 0 Å². The molecular weight excluding hydrogens is 456 g/mol. The van der Waals surface area contributed by atoms with E-state index >= 15 is 0 Å². The molecule has 2 aliphatic rings. The lowest BCUT2D eigenvalue weighted by Crippen LogP contribution is -2.44. The quantitative estimate of drug-likeness (QED) is 0.421. The third-order valence-electron chi connectivity index (χ3n) is 6.55. The maximum Gasteiger partial charge on any atom is 0.263 e. The number of pyridine rings is 2. The van der Waals surface area contributed by atoms with E-state index in [0.29, 0.717) is 49.1 Å². The van der Waals surface area contributed by atoms with Gasteiger partial charge >= 0.3 is 0 Å². The highest BCUT2D eigenvalue weighted by Gasteiger charge is 2.25. The van der Waals surface area contributed by atoms with Crippen molar-refractivity contribution in [2.45, 2.75) is 13.0 Å². The molecule has 176 valence electrons. The molecule has 7 nitrogen and oxygen atoms in total. The van der Waals surface area contributed by atoms with E-state index in [4.69, 9.17) is 15.5 Å². The zero-order chi connectivity index (χ0) is 26.6. The van der Waals surface area contributed by atoms with Gasteiger partial charge in [0.25, 0.3) is 5.91 Å². The molecule has 0 spiro atoms. The van der Waals surface area contributed by atoms with E-state index in [9.17, 15) is 4.79 Å². The first kappa shape index (κ1) is 18.6. The molecule has 3 aromatic heterocycles. The van der Waals surface area contributed by atoms with E-state index in [1.165, 1.54) is 16.2 Å². The summed E-state index contributed by atoms with van der Waals surface area (Å²) in [5, 5.41) is 8.48. The molecule has 5 heterocycles. The van der Waals surface area contributed by atoms with Gasteiger partial charge in [-0.1, -0.05) is 5.92 Å². The van der Waals surface area contributed by atoms with Crippen LogP contribution >= 0.6 is 11.3 Å². The Morgan fingerprint density at radius 2 is 2.03 bits per heavy atom. The number of fused-ring (bicyclic) bond motifs is 5. The second-order valence-electron chi connectivity index (χ2n) is 8.98. The van der Waals surface area contributed by atoms with Gasteiger partial charge in [0, 0.05) is 63.9 Å².